The van der Waals surface area contributed by atoms with E-state index in [4.69, 9.17) is 9.47 Å². The third kappa shape index (κ3) is 3.06. The molecule has 0 N–H and O–H groups in total. The Labute approximate surface area is 198 Å². The summed E-state index contributed by atoms with van der Waals surface area (Å²) in [7, 11) is 5.38. The number of hydrogen-bond donors (Lipinski definition) is 0. The zero-order valence-corrected chi connectivity index (χ0v) is 20.7. The molecule has 0 radical (unpaired) electrons. The monoisotopic (exact) mass is 447 g/mol. The molecule has 0 aromatic heterocycles. The highest BCUT2D eigenvalue weighted by Crippen LogP contribution is 2.58. The van der Waals surface area contributed by atoms with Crippen molar-refractivity contribution >= 4 is 5.91 Å². The fourth-order valence-corrected chi connectivity index (χ4v) is 7.75. The molecule has 5 atom stereocenters. The largest absolute Gasteiger partial charge is 0.384 e. The van der Waals surface area contributed by atoms with Crippen LogP contribution < -0.4 is 0 Å². The molecule has 33 heavy (non-hydrogen) atoms. The third-order valence-corrected chi connectivity index (χ3v) is 9.23. The molecular weight excluding hydrogens is 410 g/mol. The van der Waals surface area contributed by atoms with E-state index >= 15 is 0 Å². The Morgan fingerprint density at radius 3 is 2.52 bits per heavy atom. The summed E-state index contributed by atoms with van der Waals surface area (Å²) >= 11 is 0. The molecule has 1 amide bonds. The van der Waals surface area contributed by atoms with E-state index in [1.165, 1.54) is 36.8 Å². The second kappa shape index (κ2) is 7.95. The second-order valence-electron chi connectivity index (χ2n) is 11.0. The Bertz CT molecular complexity index is 1050. The maximum absolute atomic E-state index is 13.3. The summed E-state index contributed by atoms with van der Waals surface area (Å²) in [5.74, 6) is 0.644. The fraction of sp³-hybridized carbons (Fsp3) is 0.552. The van der Waals surface area contributed by atoms with Gasteiger partial charge in [-0.15, -0.1) is 0 Å². The van der Waals surface area contributed by atoms with E-state index in [0.717, 1.165) is 24.2 Å². The molecule has 5 rings (SSSR count). The standard InChI is InChI=1S/C29H37NO3/c1-27(19-32-4)16-9-17-28(2)23-14-13-22(18-21(23)12-15-24(27)28)29(33-5)25(30(3)26(29)31)20-10-7-6-8-11-20/h6-8,10-11,13-14,18,24-25H,9,12,15-17,19H2,1-5H3/t24-,25+,27+,28+,29-/m0/s1. The normalized spacial score (nSPS) is 35.5. The van der Waals surface area contributed by atoms with Crippen LogP contribution in [0.5, 0.6) is 0 Å². The van der Waals surface area contributed by atoms with Gasteiger partial charge < -0.3 is 14.4 Å². The van der Waals surface area contributed by atoms with Crippen molar-refractivity contribution in [1.82, 2.24) is 4.90 Å². The lowest BCUT2D eigenvalue weighted by Crippen LogP contribution is -2.65. The quantitative estimate of drug-likeness (QED) is 0.576. The van der Waals surface area contributed by atoms with Crippen LogP contribution in [0, 0.1) is 11.3 Å². The van der Waals surface area contributed by atoms with Crippen LogP contribution in [0.3, 0.4) is 0 Å². The van der Waals surface area contributed by atoms with E-state index in [2.05, 4.69) is 44.2 Å². The third-order valence-electron chi connectivity index (χ3n) is 9.23. The molecule has 1 heterocycles. The first kappa shape index (κ1) is 22.6. The van der Waals surface area contributed by atoms with E-state index in [9.17, 15) is 4.79 Å². The van der Waals surface area contributed by atoms with E-state index < -0.39 is 5.60 Å². The van der Waals surface area contributed by atoms with Crippen LogP contribution in [0.4, 0.5) is 0 Å². The molecule has 3 aliphatic rings. The van der Waals surface area contributed by atoms with Gasteiger partial charge in [0, 0.05) is 21.3 Å². The lowest BCUT2D eigenvalue weighted by molar-refractivity contribution is -0.199. The average molecular weight is 448 g/mol. The summed E-state index contributed by atoms with van der Waals surface area (Å²) in [5.41, 5.74) is 4.35. The number of benzene rings is 2. The number of hydrogen-bond acceptors (Lipinski definition) is 3. The van der Waals surface area contributed by atoms with Crippen LogP contribution in [0.15, 0.2) is 48.5 Å². The molecule has 2 aromatic carbocycles. The maximum atomic E-state index is 13.3. The number of methoxy groups -OCH3 is 2. The van der Waals surface area contributed by atoms with Gasteiger partial charge in [-0.2, -0.15) is 0 Å². The first-order valence-corrected chi connectivity index (χ1v) is 12.3. The SMILES string of the molecule is COC[C@@]1(C)CCC[C@]2(C)c3ccc([C@@]4(OC)C(=O)N(C)[C@@H]4c4ccccc4)cc3CC[C@@H]12. The molecule has 2 aliphatic carbocycles. The predicted molar refractivity (Wildman–Crippen MR) is 130 cm³/mol. The number of carbonyl (C=O) groups excluding carboxylic acids is 1. The van der Waals surface area contributed by atoms with E-state index in [1.54, 1.807) is 7.11 Å². The average Bonchev–Trinajstić information content (AvgIpc) is 2.82. The van der Waals surface area contributed by atoms with Crippen LogP contribution in [0.25, 0.3) is 0 Å². The van der Waals surface area contributed by atoms with Gasteiger partial charge >= 0.3 is 0 Å². The molecule has 176 valence electrons. The highest BCUT2D eigenvalue weighted by molar-refractivity contribution is 5.94. The van der Waals surface area contributed by atoms with Crippen LogP contribution in [0.2, 0.25) is 0 Å². The van der Waals surface area contributed by atoms with Crippen molar-refractivity contribution in [1.29, 1.82) is 0 Å². The van der Waals surface area contributed by atoms with Crippen molar-refractivity contribution in [2.75, 3.05) is 27.9 Å². The topological polar surface area (TPSA) is 38.8 Å². The molecular formula is C29H37NO3. The lowest BCUT2D eigenvalue weighted by atomic mass is 9.50. The van der Waals surface area contributed by atoms with Crippen LogP contribution >= 0.6 is 0 Å². The first-order chi connectivity index (χ1) is 15.8. The Balaban J connectivity index is 1.56. The number of ether oxygens (including phenoxy) is 2. The minimum Gasteiger partial charge on any atom is -0.384 e. The van der Waals surface area contributed by atoms with Crippen molar-refractivity contribution in [3.63, 3.8) is 0 Å². The minimum absolute atomic E-state index is 0.0315. The number of rotatable bonds is 5. The Kier molecular flexibility index (Phi) is 5.45. The fourth-order valence-electron chi connectivity index (χ4n) is 7.75. The molecule has 0 bridgehead atoms. The highest BCUT2D eigenvalue weighted by Gasteiger charge is 2.62. The molecule has 0 spiro atoms. The van der Waals surface area contributed by atoms with Gasteiger partial charge in [0.1, 0.15) is 0 Å². The molecule has 2 fully saturated rings. The van der Waals surface area contributed by atoms with Crippen molar-refractivity contribution in [3.05, 3.63) is 70.8 Å². The van der Waals surface area contributed by atoms with Gasteiger partial charge in [0.15, 0.2) is 5.60 Å². The Morgan fingerprint density at radius 1 is 1.06 bits per heavy atom. The van der Waals surface area contributed by atoms with Crippen molar-refractivity contribution < 1.29 is 14.3 Å². The second-order valence-corrected chi connectivity index (χ2v) is 11.0. The smallest absolute Gasteiger partial charge is 0.262 e. The number of likely N-dealkylation sites (tertiary alicyclic amines) is 1. The molecule has 2 aromatic rings. The molecule has 1 saturated heterocycles. The van der Waals surface area contributed by atoms with Crippen molar-refractivity contribution in [3.8, 4) is 0 Å². The predicted octanol–water partition coefficient (Wildman–Crippen LogP) is 5.40. The van der Waals surface area contributed by atoms with Crippen molar-refractivity contribution in [2.45, 2.75) is 63.0 Å². The van der Waals surface area contributed by atoms with Crippen LogP contribution in [0.1, 0.15) is 67.8 Å². The first-order valence-electron chi connectivity index (χ1n) is 12.3. The molecule has 4 nitrogen and oxygen atoms in total. The molecule has 1 aliphatic heterocycles. The summed E-state index contributed by atoms with van der Waals surface area (Å²) in [6, 6.07) is 16.9. The van der Waals surface area contributed by atoms with Gasteiger partial charge in [-0.3, -0.25) is 4.79 Å². The zero-order chi connectivity index (χ0) is 23.4. The molecule has 1 saturated carbocycles. The van der Waals surface area contributed by atoms with Gasteiger partial charge in [-0.1, -0.05) is 68.8 Å². The maximum Gasteiger partial charge on any atom is 0.262 e. The van der Waals surface area contributed by atoms with Crippen molar-refractivity contribution in [2.24, 2.45) is 11.3 Å². The van der Waals surface area contributed by atoms with Gasteiger partial charge in [0.2, 0.25) is 0 Å². The number of likely N-dealkylation sites (N-methyl/N-ethyl adjacent to an activating group) is 1. The summed E-state index contributed by atoms with van der Waals surface area (Å²) in [5, 5.41) is 0. The van der Waals surface area contributed by atoms with Gasteiger partial charge in [-0.25, -0.2) is 0 Å². The summed E-state index contributed by atoms with van der Waals surface area (Å²) in [6.45, 7) is 5.71. The van der Waals surface area contributed by atoms with Gasteiger partial charge in [0.05, 0.1) is 12.6 Å². The number of fused-ring (bicyclic) bond motifs is 3. The van der Waals surface area contributed by atoms with Crippen LogP contribution in [-0.2, 0) is 31.7 Å². The number of nitrogens with zero attached hydrogens (tertiary/aromatic N) is 1. The lowest BCUT2D eigenvalue weighted by Gasteiger charge is -2.56. The number of β-lactam (4-membered cyclic amide) rings is 1. The van der Waals surface area contributed by atoms with Crippen LogP contribution in [-0.4, -0.2) is 38.7 Å². The number of carbonyl (C=O) groups is 1. The summed E-state index contributed by atoms with van der Waals surface area (Å²) < 4.78 is 11.8. The van der Waals surface area contributed by atoms with E-state index in [-0.39, 0.29) is 22.8 Å². The van der Waals surface area contributed by atoms with Gasteiger partial charge in [-0.05, 0) is 64.7 Å². The van der Waals surface area contributed by atoms with E-state index in [0.29, 0.717) is 5.92 Å². The zero-order valence-electron chi connectivity index (χ0n) is 20.7. The highest BCUT2D eigenvalue weighted by atomic mass is 16.5. The number of aryl methyl sites for hydroxylation is 1. The molecule has 0 unspecified atom stereocenters. The Morgan fingerprint density at radius 2 is 1.82 bits per heavy atom. The van der Waals surface area contributed by atoms with Gasteiger partial charge in [0.25, 0.3) is 5.91 Å². The minimum atomic E-state index is -0.958. The Hall–Kier alpha value is -2.17. The van der Waals surface area contributed by atoms with E-state index in [1.807, 2.05) is 37.3 Å². The summed E-state index contributed by atoms with van der Waals surface area (Å²) in [6.07, 6.45) is 5.90. The summed E-state index contributed by atoms with van der Waals surface area (Å²) in [4.78, 5) is 15.1. The molecule has 4 heteroatoms. The number of amides is 1.